The zero-order valence-electron chi connectivity index (χ0n) is 14.1. The number of para-hydroxylation sites is 2. The second-order valence-corrected chi connectivity index (χ2v) is 4.77. The average Bonchev–Trinajstić information content (AvgIpc) is 2.66. The van der Waals surface area contributed by atoms with E-state index in [2.05, 4.69) is 4.74 Å². The van der Waals surface area contributed by atoms with Gasteiger partial charge in [-0.05, 0) is 30.3 Å². The fraction of sp³-hybridized carbons (Fsp3) is 0.222. The van der Waals surface area contributed by atoms with Crippen LogP contribution in [0.4, 0.5) is 0 Å². The van der Waals surface area contributed by atoms with E-state index in [1.807, 2.05) is 0 Å². The molecule has 0 aliphatic heterocycles. The van der Waals surface area contributed by atoms with E-state index in [4.69, 9.17) is 18.9 Å². The fourth-order valence-corrected chi connectivity index (χ4v) is 2.02. The summed E-state index contributed by atoms with van der Waals surface area (Å²) in [5.41, 5.74) is 0.282. The molecule has 0 fully saturated rings. The monoisotopic (exact) mass is 346 g/mol. The van der Waals surface area contributed by atoms with Gasteiger partial charge in [-0.15, -0.1) is 0 Å². The molecule has 7 heteroatoms. The Morgan fingerprint density at radius 1 is 0.840 bits per heavy atom. The molecule has 0 heterocycles. The number of carbonyl (C=O) groups is 2. The number of carbonyl (C=O) groups excluding carboxylic acids is 2. The highest BCUT2D eigenvalue weighted by Crippen LogP contribution is 2.29. The van der Waals surface area contributed by atoms with E-state index in [0.717, 1.165) is 0 Å². The van der Waals surface area contributed by atoms with Crippen LogP contribution < -0.4 is 18.9 Å². The Morgan fingerprint density at radius 3 is 2.16 bits per heavy atom. The average molecular weight is 346 g/mol. The first kappa shape index (κ1) is 18.1. The summed E-state index contributed by atoms with van der Waals surface area (Å²) in [6.45, 7) is -0.317. The van der Waals surface area contributed by atoms with Gasteiger partial charge in [-0.25, -0.2) is 9.59 Å². The van der Waals surface area contributed by atoms with E-state index in [1.165, 1.54) is 39.5 Å². The molecular formula is C18H18O7. The summed E-state index contributed by atoms with van der Waals surface area (Å²) in [7, 11) is 4.19. The molecular weight excluding hydrogens is 328 g/mol. The van der Waals surface area contributed by atoms with Crippen molar-refractivity contribution in [2.45, 2.75) is 0 Å². The molecule has 2 aromatic rings. The van der Waals surface area contributed by atoms with Crippen molar-refractivity contribution in [2.75, 3.05) is 27.9 Å². The predicted octanol–water partition coefficient (Wildman–Crippen LogP) is 2.47. The molecule has 25 heavy (non-hydrogen) atoms. The van der Waals surface area contributed by atoms with E-state index in [1.54, 1.807) is 24.3 Å². The van der Waals surface area contributed by atoms with Gasteiger partial charge in [-0.3, -0.25) is 0 Å². The smallest absolute Gasteiger partial charge is 0.349 e. The molecule has 2 aromatic carbocycles. The normalized spacial score (nSPS) is 9.88. The molecule has 7 nitrogen and oxygen atoms in total. The third-order valence-corrected chi connectivity index (χ3v) is 3.22. The minimum absolute atomic E-state index is 0.170. The van der Waals surface area contributed by atoms with Gasteiger partial charge in [-0.1, -0.05) is 12.1 Å². The van der Waals surface area contributed by atoms with E-state index in [0.29, 0.717) is 11.5 Å². The van der Waals surface area contributed by atoms with Crippen LogP contribution >= 0.6 is 0 Å². The van der Waals surface area contributed by atoms with Gasteiger partial charge in [0.25, 0.3) is 0 Å². The van der Waals surface area contributed by atoms with Crippen molar-refractivity contribution in [3.8, 4) is 23.0 Å². The summed E-state index contributed by atoms with van der Waals surface area (Å²) in [6, 6.07) is 11.3. The van der Waals surface area contributed by atoms with Crippen LogP contribution in [0.25, 0.3) is 0 Å². The largest absolute Gasteiger partial charge is 0.493 e. The third kappa shape index (κ3) is 4.63. The minimum atomic E-state index is -0.630. The molecule has 0 saturated heterocycles. The second kappa shape index (κ2) is 8.58. The molecule has 0 aromatic heterocycles. The molecule has 2 rings (SSSR count). The molecule has 0 amide bonds. The quantitative estimate of drug-likeness (QED) is 0.563. The fourth-order valence-electron chi connectivity index (χ4n) is 2.02. The van der Waals surface area contributed by atoms with Gasteiger partial charge in [0.05, 0.1) is 26.9 Å². The van der Waals surface area contributed by atoms with Gasteiger partial charge in [0.1, 0.15) is 0 Å². The Hall–Kier alpha value is -3.22. The van der Waals surface area contributed by atoms with E-state index in [9.17, 15) is 9.59 Å². The van der Waals surface area contributed by atoms with E-state index >= 15 is 0 Å². The maximum atomic E-state index is 12.0. The molecule has 0 saturated carbocycles. The Morgan fingerprint density at radius 2 is 1.52 bits per heavy atom. The summed E-state index contributed by atoms with van der Waals surface area (Å²) in [5.74, 6) is 0.188. The number of hydrogen-bond acceptors (Lipinski definition) is 7. The van der Waals surface area contributed by atoms with Crippen molar-refractivity contribution >= 4 is 11.9 Å². The van der Waals surface area contributed by atoms with Crippen molar-refractivity contribution in [3.63, 3.8) is 0 Å². The number of rotatable bonds is 7. The lowest BCUT2D eigenvalue weighted by molar-refractivity contribution is -0.136. The third-order valence-electron chi connectivity index (χ3n) is 3.22. The van der Waals surface area contributed by atoms with Gasteiger partial charge < -0.3 is 23.7 Å². The van der Waals surface area contributed by atoms with Crippen molar-refractivity contribution in [1.82, 2.24) is 0 Å². The Labute approximate surface area is 145 Å². The number of hydrogen-bond donors (Lipinski definition) is 0. The number of benzene rings is 2. The summed E-state index contributed by atoms with van der Waals surface area (Å²) < 4.78 is 25.5. The Balaban J connectivity index is 2.03. The van der Waals surface area contributed by atoms with Crippen LogP contribution in [-0.2, 0) is 9.53 Å². The molecule has 0 bridgehead atoms. The van der Waals surface area contributed by atoms with E-state index < -0.39 is 11.9 Å². The van der Waals surface area contributed by atoms with E-state index in [-0.39, 0.29) is 23.7 Å². The summed E-state index contributed by atoms with van der Waals surface area (Å²) in [6.07, 6.45) is 0. The van der Waals surface area contributed by atoms with Crippen LogP contribution in [0.1, 0.15) is 10.4 Å². The summed E-state index contributed by atoms with van der Waals surface area (Å²) in [4.78, 5) is 23.5. The van der Waals surface area contributed by atoms with Crippen LogP contribution in [0.5, 0.6) is 23.0 Å². The molecule has 0 radical (unpaired) electrons. The second-order valence-electron chi connectivity index (χ2n) is 4.77. The molecule has 0 aliphatic rings. The lowest BCUT2D eigenvalue weighted by atomic mass is 10.2. The number of ether oxygens (including phenoxy) is 5. The molecule has 0 spiro atoms. The summed E-state index contributed by atoms with van der Waals surface area (Å²) in [5, 5.41) is 0. The van der Waals surface area contributed by atoms with Crippen LogP contribution in [0, 0.1) is 0 Å². The van der Waals surface area contributed by atoms with Crippen LogP contribution in [-0.4, -0.2) is 39.9 Å². The molecule has 0 unspecified atom stereocenters. The molecule has 0 N–H and O–H groups in total. The standard InChI is InChI=1S/C18H18O7/c1-21-13-6-4-5-7-14(13)24-11-17(19)25-15-9-8-12(18(20)23-3)10-16(15)22-2/h4-10H,11H2,1-3H3. The van der Waals surface area contributed by atoms with Crippen molar-refractivity contribution in [2.24, 2.45) is 0 Å². The zero-order chi connectivity index (χ0) is 18.2. The lowest BCUT2D eigenvalue weighted by Gasteiger charge is -2.12. The maximum Gasteiger partial charge on any atom is 0.349 e. The van der Waals surface area contributed by atoms with Gasteiger partial charge >= 0.3 is 11.9 Å². The topological polar surface area (TPSA) is 80.3 Å². The predicted molar refractivity (Wildman–Crippen MR) is 88.5 cm³/mol. The molecule has 132 valence electrons. The highest BCUT2D eigenvalue weighted by Gasteiger charge is 2.15. The van der Waals surface area contributed by atoms with Gasteiger partial charge in [0, 0.05) is 0 Å². The summed E-state index contributed by atoms with van der Waals surface area (Å²) >= 11 is 0. The van der Waals surface area contributed by atoms with Gasteiger partial charge in [0.2, 0.25) is 0 Å². The molecule has 0 atom stereocenters. The van der Waals surface area contributed by atoms with Gasteiger partial charge in [-0.2, -0.15) is 0 Å². The maximum absolute atomic E-state index is 12.0. The first-order valence-electron chi connectivity index (χ1n) is 7.32. The SMILES string of the molecule is COC(=O)c1ccc(OC(=O)COc2ccccc2OC)c(OC)c1. The first-order valence-corrected chi connectivity index (χ1v) is 7.32. The van der Waals surface area contributed by atoms with Crippen LogP contribution in [0.15, 0.2) is 42.5 Å². The van der Waals surface area contributed by atoms with Gasteiger partial charge in [0.15, 0.2) is 29.6 Å². The Kier molecular flexibility index (Phi) is 6.22. The van der Waals surface area contributed by atoms with Crippen molar-refractivity contribution < 1.29 is 33.3 Å². The lowest BCUT2D eigenvalue weighted by Crippen LogP contribution is -2.18. The zero-order valence-corrected chi connectivity index (χ0v) is 14.1. The number of esters is 2. The van der Waals surface area contributed by atoms with Crippen LogP contribution in [0.3, 0.4) is 0 Å². The van der Waals surface area contributed by atoms with Crippen LogP contribution in [0.2, 0.25) is 0 Å². The minimum Gasteiger partial charge on any atom is -0.493 e. The Bertz CT molecular complexity index is 755. The van der Waals surface area contributed by atoms with Crippen molar-refractivity contribution in [1.29, 1.82) is 0 Å². The molecule has 0 aliphatic carbocycles. The highest BCUT2D eigenvalue weighted by atomic mass is 16.6. The first-order chi connectivity index (χ1) is 12.1. The van der Waals surface area contributed by atoms with Crippen molar-refractivity contribution in [3.05, 3.63) is 48.0 Å². The number of methoxy groups -OCH3 is 3. The highest BCUT2D eigenvalue weighted by molar-refractivity contribution is 5.90.